The van der Waals surface area contributed by atoms with Crippen LogP contribution in [0.3, 0.4) is 0 Å². The fourth-order valence-electron chi connectivity index (χ4n) is 3.26. The maximum atomic E-state index is 12.8. The molecule has 0 aliphatic carbocycles. The average Bonchev–Trinajstić information content (AvgIpc) is 3.15. The van der Waals surface area contributed by atoms with Crippen molar-refractivity contribution in [3.8, 4) is 0 Å². The van der Waals surface area contributed by atoms with Gasteiger partial charge in [-0.2, -0.15) is 4.31 Å². The molecule has 164 valence electrons. The Morgan fingerprint density at radius 2 is 1.87 bits per heavy atom. The highest BCUT2D eigenvalue weighted by Crippen LogP contribution is 2.30. The van der Waals surface area contributed by atoms with Gasteiger partial charge in [-0.05, 0) is 65.0 Å². The highest BCUT2D eigenvalue weighted by molar-refractivity contribution is 9.11. The lowest BCUT2D eigenvalue weighted by molar-refractivity contribution is -0.126. The molecule has 12 heteroatoms. The molecule has 1 saturated heterocycles. The molecule has 0 radical (unpaired) electrons. The van der Waals surface area contributed by atoms with Gasteiger partial charge in [0.1, 0.15) is 4.21 Å². The Bertz CT molecular complexity index is 1110. The van der Waals surface area contributed by atoms with Crippen molar-refractivity contribution in [3.05, 3.63) is 45.7 Å². The van der Waals surface area contributed by atoms with E-state index in [0.717, 1.165) is 20.7 Å². The summed E-state index contributed by atoms with van der Waals surface area (Å²) in [4.78, 5) is 12.6. The Hall–Kier alpha value is -1.31. The molecule has 0 spiro atoms. The van der Waals surface area contributed by atoms with Crippen LogP contribution in [-0.4, -0.2) is 46.7 Å². The van der Waals surface area contributed by atoms with Crippen molar-refractivity contribution in [1.82, 2.24) is 9.62 Å². The number of nitrogens with one attached hydrogen (secondary N) is 1. The van der Waals surface area contributed by atoms with Crippen LogP contribution < -0.4 is 10.5 Å². The van der Waals surface area contributed by atoms with Crippen molar-refractivity contribution in [2.45, 2.75) is 28.4 Å². The van der Waals surface area contributed by atoms with E-state index in [1.54, 1.807) is 24.3 Å². The Balaban J connectivity index is 1.54. The number of benzene rings is 1. The van der Waals surface area contributed by atoms with Gasteiger partial charge in [-0.3, -0.25) is 4.79 Å². The summed E-state index contributed by atoms with van der Waals surface area (Å²) < 4.78 is 50.5. The molecule has 0 bridgehead atoms. The highest BCUT2D eigenvalue weighted by Gasteiger charge is 2.33. The van der Waals surface area contributed by atoms with Gasteiger partial charge in [-0.25, -0.2) is 22.0 Å². The predicted molar refractivity (Wildman–Crippen MR) is 118 cm³/mol. The van der Waals surface area contributed by atoms with E-state index in [2.05, 4.69) is 21.2 Å². The summed E-state index contributed by atoms with van der Waals surface area (Å²) in [5.41, 5.74) is 0.860. The van der Waals surface area contributed by atoms with Crippen LogP contribution in [-0.2, 0) is 31.3 Å². The Kier molecular flexibility index (Phi) is 7.36. The number of nitrogens with two attached hydrogens (primary N) is 1. The third-order valence-corrected chi connectivity index (χ3v) is 9.75. The van der Waals surface area contributed by atoms with Gasteiger partial charge in [-0.15, -0.1) is 11.3 Å². The van der Waals surface area contributed by atoms with Crippen molar-refractivity contribution in [1.29, 1.82) is 0 Å². The molecule has 1 atom stereocenters. The molecule has 1 amide bonds. The van der Waals surface area contributed by atoms with Crippen LogP contribution in [0, 0.1) is 5.92 Å². The summed E-state index contributed by atoms with van der Waals surface area (Å²) in [6.07, 6.45) is 1.78. The number of halogens is 1. The van der Waals surface area contributed by atoms with E-state index in [9.17, 15) is 21.6 Å². The number of sulfonamides is 2. The standard InChI is InChI=1S/C18H22BrN3O5S3/c19-16-7-8-17(28-16)30(26,27)22-11-1-2-14(12-22)18(23)21-10-9-13-3-5-15(6-4-13)29(20,24)25/h3-8,14H,1-2,9-12H2,(H,21,23)(H2,20,24,25)/t14-/m1/s1. The number of primary sulfonamides is 1. The first kappa shape index (κ1) is 23.4. The van der Waals surface area contributed by atoms with Crippen LogP contribution in [0.1, 0.15) is 18.4 Å². The van der Waals surface area contributed by atoms with Crippen LogP contribution in [0.5, 0.6) is 0 Å². The lowest BCUT2D eigenvalue weighted by Crippen LogP contribution is -2.45. The highest BCUT2D eigenvalue weighted by atomic mass is 79.9. The largest absolute Gasteiger partial charge is 0.355 e. The summed E-state index contributed by atoms with van der Waals surface area (Å²) >= 11 is 4.43. The lowest BCUT2D eigenvalue weighted by atomic mass is 9.99. The summed E-state index contributed by atoms with van der Waals surface area (Å²) in [5.74, 6) is -0.579. The number of nitrogens with zero attached hydrogens (tertiary/aromatic N) is 1. The lowest BCUT2D eigenvalue weighted by Gasteiger charge is -2.30. The quantitative estimate of drug-likeness (QED) is 0.559. The molecule has 8 nitrogen and oxygen atoms in total. The molecule has 1 aromatic carbocycles. The van der Waals surface area contributed by atoms with Crippen molar-refractivity contribution >= 4 is 53.2 Å². The van der Waals surface area contributed by atoms with Gasteiger partial charge in [0.2, 0.25) is 15.9 Å². The number of hydrogen-bond acceptors (Lipinski definition) is 6. The van der Waals surface area contributed by atoms with Crippen LogP contribution in [0.25, 0.3) is 0 Å². The molecule has 3 N–H and O–H groups in total. The number of amides is 1. The van der Waals surface area contributed by atoms with E-state index >= 15 is 0 Å². The number of hydrogen-bond donors (Lipinski definition) is 2. The SMILES string of the molecule is NS(=O)(=O)c1ccc(CCNC(=O)[C@@H]2CCCN(S(=O)(=O)c3ccc(Br)s3)C2)cc1. The number of carbonyl (C=O) groups is 1. The number of thiophene rings is 1. The summed E-state index contributed by atoms with van der Waals surface area (Å²) in [5, 5.41) is 7.93. The fourth-order valence-corrected chi connectivity index (χ4v) is 7.46. The molecule has 1 aliphatic rings. The Morgan fingerprint density at radius 3 is 2.47 bits per heavy atom. The van der Waals surface area contributed by atoms with Gasteiger partial charge in [0, 0.05) is 19.6 Å². The topological polar surface area (TPSA) is 127 Å². The zero-order valence-electron chi connectivity index (χ0n) is 16.0. The van der Waals surface area contributed by atoms with E-state index in [1.165, 1.54) is 16.4 Å². The first-order valence-corrected chi connectivity index (χ1v) is 13.8. The number of rotatable bonds is 7. The molecule has 0 unspecified atom stereocenters. The second-order valence-corrected chi connectivity index (χ2v) is 13.2. The Morgan fingerprint density at radius 1 is 1.17 bits per heavy atom. The maximum Gasteiger partial charge on any atom is 0.252 e. The molecule has 3 rings (SSSR count). The summed E-state index contributed by atoms with van der Waals surface area (Å²) in [7, 11) is -7.33. The molecular formula is C18H22BrN3O5S3. The van der Waals surface area contributed by atoms with E-state index in [4.69, 9.17) is 5.14 Å². The molecule has 1 aliphatic heterocycles. The molecule has 1 fully saturated rings. The third-order valence-electron chi connectivity index (χ3n) is 4.86. The van der Waals surface area contributed by atoms with Crippen molar-refractivity contribution in [3.63, 3.8) is 0 Å². The zero-order chi connectivity index (χ0) is 21.9. The van der Waals surface area contributed by atoms with E-state index in [-0.39, 0.29) is 21.6 Å². The average molecular weight is 536 g/mol. The van der Waals surface area contributed by atoms with Crippen LogP contribution in [0.15, 0.2) is 49.3 Å². The predicted octanol–water partition coefficient (Wildman–Crippen LogP) is 1.92. The van der Waals surface area contributed by atoms with Gasteiger partial charge < -0.3 is 5.32 Å². The molecule has 0 saturated carbocycles. The zero-order valence-corrected chi connectivity index (χ0v) is 20.0. The fraction of sp³-hybridized carbons (Fsp3) is 0.389. The first-order chi connectivity index (χ1) is 14.1. The van der Waals surface area contributed by atoms with Crippen LogP contribution in [0.4, 0.5) is 0 Å². The van der Waals surface area contributed by atoms with Gasteiger partial charge in [0.25, 0.3) is 10.0 Å². The molecule has 2 heterocycles. The minimum absolute atomic E-state index is 0.0385. The Labute approximate surface area is 188 Å². The van der Waals surface area contributed by atoms with Crippen LogP contribution in [0.2, 0.25) is 0 Å². The van der Waals surface area contributed by atoms with E-state index in [1.807, 2.05) is 0 Å². The van der Waals surface area contributed by atoms with Crippen molar-refractivity contribution in [2.75, 3.05) is 19.6 Å². The van der Waals surface area contributed by atoms with Crippen molar-refractivity contribution < 1.29 is 21.6 Å². The second-order valence-electron chi connectivity index (χ2n) is 6.99. The third kappa shape index (κ3) is 5.68. The normalized spacial score (nSPS) is 18.3. The smallest absolute Gasteiger partial charge is 0.252 e. The van der Waals surface area contributed by atoms with Gasteiger partial charge in [-0.1, -0.05) is 12.1 Å². The minimum atomic E-state index is -3.73. The molecule has 1 aromatic heterocycles. The van der Waals surface area contributed by atoms with Gasteiger partial charge in [0.15, 0.2) is 0 Å². The molecule has 30 heavy (non-hydrogen) atoms. The maximum absolute atomic E-state index is 12.8. The second kappa shape index (κ2) is 9.45. The first-order valence-electron chi connectivity index (χ1n) is 9.22. The molecule has 2 aromatic rings. The van der Waals surface area contributed by atoms with Crippen molar-refractivity contribution in [2.24, 2.45) is 11.1 Å². The van der Waals surface area contributed by atoms with E-state index < -0.39 is 26.0 Å². The molecular weight excluding hydrogens is 514 g/mol. The minimum Gasteiger partial charge on any atom is -0.355 e. The van der Waals surface area contributed by atoms with Crippen LogP contribution >= 0.6 is 27.3 Å². The number of piperidine rings is 1. The van der Waals surface area contributed by atoms with Gasteiger partial charge >= 0.3 is 0 Å². The number of carbonyl (C=O) groups excluding carboxylic acids is 1. The van der Waals surface area contributed by atoms with E-state index in [0.29, 0.717) is 32.4 Å². The summed E-state index contributed by atoms with van der Waals surface area (Å²) in [6, 6.07) is 9.43. The van der Waals surface area contributed by atoms with Gasteiger partial charge in [0.05, 0.1) is 14.6 Å². The summed E-state index contributed by atoms with van der Waals surface area (Å²) in [6.45, 7) is 0.930. The monoisotopic (exact) mass is 535 g/mol.